The van der Waals surface area contributed by atoms with Crippen molar-refractivity contribution in [3.63, 3.8) is 0 Å². The van der Waals surface area contributed by atoms with Crippen molar-refractivity contribution in [3.8, 4) is 5.75 Å². The van der Waals surface area contributed by atoms with E-state index < -0.39 is 6.04 Å². The molecule has 3 N–H and O–H groups in total. The zero-order valence-electron chi connectivity index (χ0n) is 14.4. The maximum atomic E-state index is 12.5. The fourth-order valence-electron chi connectivity index (χ4n) is 2.42. The van der Waals surface area contributed by atoms with Crippen LogP contribution in [0.5, 0.6) is 5.75 Å². The van der Waals surface area contributed by atoms with Gasteiger partial charge >= 0.3 is 0 Å². The highest BCUT2D eigenvalue weighted by atomic mass is 16.3. The molecule has 132 valence electrons. The first-order valence-corrected chi connectivity index (χ1v) is 8.51. The second-order valence-corrected chi connectivity index (χ2v) is 5.91. The first-order valence-electron chi connectivity index (χ1n) is 8.51. The summed E-state index contributed by atoms with van der Waals surface area (Å²) in [6.45, 7) is 2.64. The summed E-state index contributed by atoms with van der Waals surface area (Å²) in [6.07, 6.45) is 2.24. The van der Waals surface area contributed by atoms with Crippen LogP contribution in [0.3, 0.4) is 0 Å². The van der Waals surface area contributed by atoms with Gasteiger partial charge in [0.2, 0.25) is 5.91 Å². The van der Waals surface area contributed by atoms with E-state index >= 15 is 0 Å². The Morgan fingerprint density at radius 3 is 2.36 bits per heavy atom. The van der Waals surface area contributed by atoms with E-state index in [1.807, 2.05) is 6.07 Å². The minimum Gasteiger partial charge on any atom is -0.508 e. The van der Waals surface area contributed by atoms with Crippen LogP contribution in [0.15, 0.2) is 54.6 Å². The molecule has 0 aromatic heterocycles. The van der Waals surface area contributed by atoms with Gasteiger partial charge in [-0.15, -0.1) is 0 Å². The van der Waals surface area contributed by atoms with Gasteiger partial charge in [0.1, 0.15) is 11.8 Å². The molecule has 0 fully saturated rings. The van der Waals surface area contributed by atoms with Crippen molar-refractivity contribution in [1.29, 1.82) is 0 Å². The summed E-state index contributed by atoms with van der Waals surface area (Å²) in [5.41, 5.74) is 1.38. The molecule has 0 aliphatic rings. The van der Waals surface area contributed by atoms with Crippen molar-refractivity contribution < 1.29 is 14.7 Å². The maximum absolute atomic E-state index is 12.5. The minimum absolute atomic E-state index is 0.168. The van der Waals surface area contributed by atoms with E-state index in [2.05, 4.69) is 17.6 Å². The minimum atomic E-state index is -0.672. The maximum Gasteiger partial charge on any atom is 0.251 e. The van der Waals surface area contributed by atoms with Crippen molar-refractivity contribution >= 4 is 11.8 Å². The van der Waals surface area contributed by atoms with Gasteiger partial charge in [0.25, 0.3) is 5.91 Å². The van der Waals surface area contributed by atoms with Crippen LogP contribution in [0.1, 0.15) is 35.7 Å². The van der Waals surface area contributed by atoms with E-state index in [-0.39, 0.29) is 17.6 Å². The zero-order chi connectivity index (χ0) is 18.1. The summed E-state index contributed by atoms with van der Waals surface area (Å²) in [5, 5.41) is 15.1. The number of phenolic OH excluding ortho intramolecular Hbond substituents is 1. The van der Waals surface area contributed by atoms with Crippen LogP contribution < -0.4 is 10.6 Å². The number of benzene rings is 2. The van der Waals surface area contributed by atoms with E-state index in [1.54, 1.807) is 48.5 Å². The summed E-state index contributed by atoms with van der Waals surface area (Å²) in [4.78, 5) is 24.9. The highest BCUT2D eigenvalue weighted by Crippen LogP contribution is 2.12. The smallest absolute Gasteiger partial charge is 0.251 e. The summed E-state index contributed by atoms with van der Waals surface area (Å²) in [7, 11) is 0. The molecule has 0 saturated carbocycles. The van der Waals surface area contributed by atoms with Crippen LogP contribution in [-0.4, -0.2) is 29.5 Å². The predicted octanol–water partition coefficient (Wildman–Crippen LogP) is 2.65. The number of nitrogens with one attached hydrogen (secondary N) is 2. The van der Waals surface area contributed by atoms with Crippen molar-refractivity contribution in [2.24, 2.45) is 0 Å². The highest BCUT2D eigenvalue weighted by molar-refractivity contribution is 5.97. The Morgan fingerprint density at radius 1 is 1.04 bits per heavy atom. The number of carbonyl (C=O) groups excluding carboxylic acids is 2. The lowest BCUT2D eigenvalue weighted by Gasteiger charge is -2.19. The number of rotatable bonds is 8. The Labute approximate surface area is 148 Å². The second-order valence-electron chi connectivity index (χ2n) is 5.91. The fourth-order valence-corrected chi connectivity index (χ4v) is 2.42. The van der Waals surface area contributed by atoms with Gasteiger partial charge in [-0.1, -0.05) is 43.7 Å². The lowest BCUT2D eigenvalue weighted by molar-refractivity contribution is -0.122. The van der Waals surface area contributed by atoms with Gasteiger partial charge in [0, 0.05) is 18.5 Å². The number of hydrogen-bond acceptors (Lipinski definition) is 3. The van der Waals surface area contributed by atoms with Crippen LogP contribution in [0.25, 0.3) is 0 Å². The third kappa shape index (κ3) is 5.95. The summed E-state index contributed by atoms with van der Waals surface area (Å²) in [5.74, 6) is -0.318. The zero-order valence-corrected chi connectivity index (χ0v) is 14.4. The molecule has 0 saturated heterocycles. The molecular formula is C20H24N2O3. The highest BCUT2D eigenvalue weighted by Gasteiger charge is 2.21. The van der Waals surface area contributed by atoms with E-state index in [9.17, 15) is 14.7 Å². The molecule has 1 atom stereocenters. The molecule has 0 aliphatic carbocycles. The quantitative estimate of drug-likeness (QED) is 0.647. The molecule has 0 spiro atoms. The average molecular weight is 340 g/mol. The molecule has 0 bridgehead atoms. The fraction of sp³-hybridized carbons (Fsp3) is 0.300. The third-order valence-corrected chi connectivity index (χ3v) is 3.86. The largest absolute Gasteiger partial charge is 0.508 e. The van der Waals surface area contributed by atoms with Gasteiger partial charge in [0.05, 0.1) is 0 Å². The van der Waals surface area contributed by atoms with Crippen molar-refractivity contribution in [2.45, 2.75) is 32.2 Å². The standard InChI is InChI=1S/C20H24N2O3/c1-2-3-13-21-20(25)18(14-15-9-11-17(23)12-10-15)22-19(24)16-7-5-4-6-8-16/h4-12,18,23H,2-3,13-14H2,1H3,(H,21,25)(H,22,24)/t18-/m0/s1. The monoisotopic (exact) mass is 340 g/mol. The third-order valence-electron chi connectivity index (χ3n) is 3.86. The number of amides is 2. The topological polar surface area (TPSA) is 78.4 Å². The van der Waals surface area contributed by atoms with Gasteiger partial charge in [-0.2, -0.15) is 0 Å². The van der Waals surface area contributed by atoms with Crippen LogP contribution in [0.2, 0.25) is 0 Å². The van der Waals surface area contributed by atoms with Crippen LogP contribution in [0, 0.1) is 0 Å². The Hall–Kier alpha value is -2.82. The molecular weight excluding hydrogens is 316 g/mol. The van der Waals surface area contributed by atoms with Crippen molar-refractivity contribution in [1.82, 2.24) is 10.6 Å². The molecule has 5 nitrogen and oxygen atoms in total. The number of phenols is 1. The number of hydrogen-bond donors (Lipinski definition) is 3. The Kier molecular flexibility index (Phi) is 7.01. The molecule has 0 radical (unpaired) electrons. The van der Waals surface area contributed by atoms with Gasteiger partial charge in [0.15, 0.2) is 0 Å². The summed E-state index contributed by atoms with van der Waals surface area (Å²) in [6, 6.07) is 14.8. The molecule has 2 amide bonds. The molecule has 0 aliphatic heterocycles. The lowest BCUT2D eigenvalue weighted by Crippen LogP contribution is -2.48. The second kappa shape index (κ2) is 9.47. The Morgan fingerprint density at radius 2 is 1.72 bits per heavy atom. The molecule has 2 aromatic carbocycles. The van der Waals surface area contributed by atoms with Crippen LogP contribution in [-0.2, 0) is 11.2 Å². The van der Waals surface area contributed by atoms with Crippen molar-refractivity contribution in [2.75, 3.05) is 6.54 Å². The average Bonchev–Trinajstić information content (AvgIpc) is 2.63. The summed E-state index contributed by atoms with van der Waals surface area (Å²) < 4.78 is 0. The Bertz CT molecular complexity index is 684. The van der Waals surface area contributed by atoms with E-state index in [0.717, 1.165) is 18.4 Å². The van der Waals surface area contributed by atoms with Crippen LogP contribution >= 0.6 is 0 Å². The predicted molar refractivity (Wildman–Crippen MR) is 97.4 cm³/mol. The Balaban J connectivity index is 2.09. The molecule has 0 unspecified atom stereocenters. The molecule has 2 rings (SSSR count). The lowest BCUT2D eigenvalue weighted by atomic mass is 10.0. The number of aromatic hydroxyl groups is 1. The van der Waals surface area contributed by atoms with Crippen LogP contribution in [0.4, 0.5) is 0 Å². The first-order chi connectivity index (χ1) is 12.1. The van der Waals surface area contributed by atoms with E-state index in [0.29, 0.717) is 18.5 Å². The molecule has 25 heavy (non-hydrogen) atoms. The van der Waals surface area contributed by atoms with E-state index in [1.165, 1.54) is 0 Å². The van der Waals surface area contributed by atoms with Crippen molar-refractivity contribution in [3.05, 3.63) is 65.7 Å². The molecule has 0 heterocycles. The normalized spacial score (nSPS) is 11.6. The van der Waals surface area contributed by atoms with E-state index in [4.69, 9.17) is 0 Å². The van der Waals surface area contributed by atoms with Gasteiger partial charge in [-0.3, -0.25) is 9.59 Å². The van der Waals surface area contributed by atoms with Gasteiger partial charge < -0.3 is 15.7 Å². The SMILES string of the molecule is CCCCNC(=O)[C@H](Cc1ccc(O)cc1)NC(=O)c1ccccc1. The number of carbonyl (C=O) groups is 2. The number of unbranched alkanes of at least 4 members (excludes halogenated alkanes) is 1. The van der Waals surface area contributed by atoms with Gasteiger partial charge in [-0.25, -0.2) is 0 Å². The first kappa shape index (κ1) is 18.5. The summed E-state index contributed by atoms with van der Waals surface area (Å²) >= 11 is 0. The van der Waals surface area contributed by atoms with Gasteiger partial charge in [-0.05, 0) is 36.2 Å². The molecule has 2 aromatic rings. The molecule has 5 heteroatoms.